The van der Waals surface area contributed by atoms with Crippen LogP contribution >= 0.6 is 7.82 Å². The molecule has 0 aromatic heterocycles. The molecule has 0 aliphatic rings. The van der Waals surface area contributed by atoms with Gasteiger partial charge in [0, 0.05) is 13.0 Å². The number of carbonyl (C=O) groups is 2. The Kier molecular flexibility index (Phi) is 41.2. The molecule has 0 bridgehead atoms. The molecule has 42 heavy (non-hydrogen) atoms. The molecule has 1 N–H and O–H groups in total. The Balaban J connectivity index is -0.00000760. The van der Waals surface area contributed by atoms with Gasteiger partial charge < -0.3 is 33.7 Å². The zero-order valence-corrected chi connectivity index (χ0v) is 32.1. The molecule has 0 amide bonds. The van der Waals surface area contributed by atoms with E-state index in [9.17, 15) is 23.9 Å². The Morgan fingerprint density at radius 1 is 0.738 bits per heavy atom. The third-order valence-electron chi connectivity index (χ3n) is 7.01. The standard InChI is InChI=1S/C30H60NO8P.2Na/c1-2-3-4-5-6-7-8-11-14-17-20-23-30(33)39-29(27-38-40(34,35)36)26-31-24-21-18-15-12-9-10-13-16-19-22-25-37-28-32;;/h28-29,31H,2-27H2,1H3,(H2,34,35,36);;/q;2*+1/p-2/t29-;;/m0../s1. The van der Waals surface area contributed by atoms with Gasteiger partial charge in [-0.25, -0.2) is 0 Å². The molecule has 0 heterocycles. The average Bonchev–Trinajstić information content (AvgIpc) is 2.92. The van der Waals surface area contributed by atoms with Crippen molar-refractivity contribution < 1.29 is 97.1 Å². The van der Waals surface area contributed by atoms with Gasteiger partial charge in [-0.1, -0.05) is 122 Å². The fourth-order valence-corrected chi connectivity index (χ4v) is 5.00. The zero-order chi connectivity index (χ0) is 29.6. The van der Waals surface area contributed by atoms with Gasteiger partial charge in [0.2, 0.25) is 0 Å². The van der Waals surface area contributed by atoms with Crippen molar-refractivity contribution >= 4 is 20.3 Å². The summed E-state index contributed by atoms with van der Waals surface area (Å²) in [4.78, 5) is 44.1. The number of rotatable bonds is 32. The Morgan fingerprint density at radius 3 is 1.67 bits per heavy atom. The molecule has 0 rings (SSSR count). The van der Waals surface area contributed by atoms with Crippen LogP contribution in [0, 0.1) is 0 Å². The average molecular weight is 638 g/mol. The van der Waals surface area contributed by atoms with E-state index < -0.39 is 20.5 Å². The molecule has 0 aromatic carbocycles. The van der Waals surface area contributed by atoms with Crippen molar-refractivity contribution in [2.24, 2.45) is 0 Å². The quantitative estimate of drug-likeness (QED) is 0.0359. The van der Waals surface area contributed by atoms with Crippen LogP contribution in [-0.2, 0) is 28.2 Å². The van der Waals surface area contributed by atoms with Gasteiger partial charge in [0.05, 0.1) is 21.0 Å². The molecule has 0 fully saturated rings. The first-order valence-electron chi connectivity index (χ1n) is 16.0. The number of hydrogen-bond acceptors (Lipinski definition) is 9. The topological polar surface area (TPSA) is 137 Å². The maximum absolute atomic E-state index is 12.2. The van der Waals surface area contributed by atoms with E-state index in [2.05, 4.69) is 21.5 Å². The molecule has 0 spiro atoms. The summed E-state index contributed by atoms with van der Waals surface area (Å²) in [7, 11) is -5.12. The molecule has 0 aliphatic heterocycles. The van der Waals surface area contributed by atoms with Gasteiger partial charge in [-0.05, 0) is 25.8 Å². The SMILES string of the molecule is CCCCCCCCCCCCCC(=O)O[C@@H](CNCCCCCCCCCCCCOC=O)COP(=O)([O-])[O-].[Na+].[Na+]. The van der Waals surface area contributed by atoms with Crippen molar-refractivity contribution in [3.05, 3.63) is 0 Å². The van der Waals surface area contributed by atoms with Crippen molar-refractivity contribution in [2.75, 3.05) is 26.3 Å². The Morgan fingerprint density at radius 2 is 1.19 bits per heavy atom. The number of unbranched alkanes of at least 4 members (excludes halogenated alkanes) is 19. The number of phosphoric acid groups is 1. The minimum Gasteiger partial charge on any atom is -0.790 e. The van der Waals surface area contributed by atoms with Gasteiger partial charge in [0.25, 0.3) is 6.47 Å². The maximum atomic E-state index is 12.2. The summed E-state index contributed by atoms with van der Waals surface area (Å²) >= 11 is 0. The largest absolute Gasteiger partial charge is 1.00 e. The predicted molar refractivity (Wildman–Crippen MR) is 156 cm³/mol. The molecule has 0 unspecified atom stereocenters. The first-order chi connectivity index (χ1) is 19.4. The molecule has 0 saturated heterocycles. The summed E-state index contributed by atoms with van der Waals surface area (Å²) < 4.78 is 25.4. The van der Waals surface area contributed by atoms with Crippen LogP contribution in [0.4, 0.5) is 0 Å². The van der Waals surface area contributed by atoms with Gasteiger partial charge in [0.1, 0.15) is 6.10 Å². The summed E-state index contributed by atoms with van der Waals surface area (Å²) in [5, 5.41) is 3.20. The molecule has 0 aromatic rings. The summed E-state index contributed by atoms with van der Waals surface area (Å²) in [5.41, 5.74) is 0. The smallest absolute Gasteiger partial charge is 0.790 e. The van der Waals surface area contributed by atoms with E-state index in [1.165, 1.54) is 83.5 Å². The van der Waals surface area contributed by atoms with E-state index in [1.54, 1.807) is 0 Å². The van der Waals surface area contributed by atoms with Crippen molar-refractivity contribution in [3.8, 4) is 0 Å². The molecule has 0 saturated carbocycles. The molecular weight excluding hydrogens is 579 g/mol. The van der Waals surface area contributed by atoms with Gasteiger partial charge in [-0.3, -0.25) is 9.59 Å². The second-order valence-electron chi connectivity index (χ2n) is 10.8. The first-order valence-corrected chi connectivity index (χ1v) is 17.5. The molecule has 9 nitrogen and oxygen atoms in total. The fourth-order valence-electron chi connectivity index (χ4n) is 4.65. The first kappa shape index (κ1) is 47.4. The molecule has 0 radical (unpaired) electrons. The van der Waals surface area contributed by atoms with Crippen LogP contribution in [-0.4, -0.2) is 44.8 Å². The van der Waals surface area contributed by atoms with Crippen LogP contribution in [0.15, 0.2) is 0 Å². The predicted octanol–water partition coefficient (Wildman–Crippen LogP) is 0.116. The van der Waals surface area contributed by atoms with Crippen LogP contribution < -0.4 is 74.2 Å². The van der Waals surface area contributed by atoms with Crippen LogP contribution in [0.3, 0.4) is 0 Å². The van der Waals surface area contributed by atoms with Gasteiger partial charge >= 0.3 is 65.1 Å². The van der Waals surface area contributed by atoms with Crippen molar-refractivity contribution in [2.45, 2.75) is 154 Å². The van der Waals surface area contributed by atoms with Crippen LogP contribution in [0.2, 0.25) is 0 Å². The number of carbonyl (C=O) groups excluding carboxylic acids is 2. The van der Waals surface area contributed by atoms with E-state index >= 15 is 0 Å². The normalized spacial score (nSPS) is 11.8. The molecular formula is C30H58NNa2O8P. The second kappa shape index (κ2) is 36.5. The number of esters is 1. The summed E-state index contributed by atoms with van der Waals surface area (Å²) in [5.74, 6) is -0.382. The third kappa shape index (κ3) is 39.0. The number of hydrogen-bond donors (Lipinski definition) is 1. The number of ether oxygens (including phenoxy) is 2. The Bertz CT molecular complexity index is 628. The van der Waals surface area contributed by atoms with E-state index in [0.717, 1.165) is 57.9 Å². The van der Waals surface area contributed by atoms with Gasteiger partial charge in [-0.2, -0.15) is 0 Å². The van der Waals surface area contributed by atoms with Crippen LogP contribution in [0.1, 0.15) is 148 Å². The molecule has 1 atom stereocenters. The molecule has 238 valence electrons. The number of phosphoric ester groups is 1. The molecule has 12 heteroatoms. The summed E-state index contributed by atoms with van der Waals surface area (Å²) in [6.07, 6.45) is 23.9. The Labute approximate surface area is 301 Å². The van der Waals surface area contributed by atoms with Crippen LogP contribution in [0.5, 0.6) is 0 Å². The van der Waals surface area contributed by atoms with Crippen LogP contribution in [0.25, 0.3) is 0 Å². The van der Waals surface area contributed by atoms with Crippen molar-refractivity contribution in [3.63, 3.8) is 0 Å². The summed E-state index contributed by atoms with van der Waals surface area (Å²) in [6.45, 7) is 3.77. The minimum absolute atomic E-state index is 0. The van der Waals surface area contributed by atoms with Crippen molar-refractivity contribution in [1.82, 2.24) is 5.32 Å². The monoisotopic (exact) mass is 637 g/mol. The van der Waals surface area contributed by atoms with E-state index in [-0.39, 0.29) is 78.0 Å². The second-order valence-corrected chi connectivity index (χ2v) is 12.0. The number of nitrogens with one attached hydrogen (secondary N) is 1. The fraction of sp³-hybridized carbons (Fsp3) is 0.933. The van der Waals surface area contributed by atoms with Gasteiger partial charge in [0.15, 0.2) is 0 Å². The summed E-state index contributed by atoms with van der Waals surface area (Å²) in [6, 6.07) is 0. The van der Waals surface area contributed by atoms with E-state index in [1.807, 2.05) is 0 Å². The van der Waals surface area contributed by atoms with Crippen molar-refractivity contribution in [1.29, 1.82) is 0 Å². The maximum Gasteiger partial charge on any atom is 1.00 e. The zero-order valence-electron chi connectivity index (χ0n) is 27.3. The molecule has 0 aliphatic carbocycles. The Hall–Kier alpha value is 1.01. The van der Waals surface area contributed by atoms with E-state index in [0.29, 0.717) is 13.1 Å². The minimum atomic E-state index is -5.12. The van der Waals surface area contributed by atoms with E-state index in [4.69, 9.17) is 4.74 Å². The van der Waals surface area contributed by atoms with Gasteiger partial charge in [-0.15, -0.1) is 0 Å². The third-order valence-corrected chi connectivity index (χ3v) is 7.47.